The van der Waals surface area contributed by atoms with Gasteiger partial charge in [0.25, 0.3) is 0 Å². The van der Waals surface area contributed by atoms with Crippen molar-refractivity contribution < 1.29 is 0 Å². The highest BCUT2D eigenvalue weighted by Gasteiger charge is 2.18. The summed E-state index contributed by atoms with van der Waals surface area (Å²) < 4.78 is 0. The summed E-state index contributed by atoms with van der Waals surface area (Å²) in [6.45, 7) is 7.47. The van der Waals surface area contributed by atoms with E-state index in [9.17, 15) is 0 Å². The van der Waals surface area contributed by atoms with E-state index < -0.39 is 0 Å². The summed E-state index contributed by atoms with van der Waals surface area (Å²) in [6, 6.07) is 4.73. The van der Waals surface area contributed by atoms with E-state index in [-0.39, 0.29) is 0 Å². The van der Waals surface area contributed by atoms with Gasteiger partial charge in [-0.15, -0.1) is 11.3 Å². The van der Waals surface area contributed by atoms with Gasteiger partial charge in [-0.1, -0.05) is 19.9 Å². The molecule has 0 saturated carbocycles. The molecule has 0 aliphatic rings. The van der Waals surface area contributed by atoms with Crippen LogP contribution in [-0.2, 0) is 0 Å². The number of nitrogens with two attached hydrogens (primary N) is 1. The first-order chi connectivity index (χ1) is 7.33. The molecule has 1 atom stereocenters. The van der Waals surface area contributed by atoms with Crippen LogP contribution in [0.3, 0.4) is 0 Å². The lowest BCUT2D eigenvalue weighted by Crippen LogP contribution is -2.34. The number of hydrogen-bond acceptors (Lipinski definition) is 3. The quantitative estimate of drug-likeness (QED) is 0.774. The molecule has 0 aromatic carbocycles. The molecule has 1 heterocycles. The lowest BCUT2D eigenvalue weighted by Gasteiger charge is -2.29. The summed E-state index contributed by atoms with van der Waals surface area (Å²) in [4.78, 5) is 3.91. The Kier molecular flexibility index (Phi) is 5.91. The molecular formula is C12H22N2S. The predicted molar refractivity (Wildman–Crippen MR) is 68.3 cm³/mol. The fourth-order valence-electron chi connectivity index (χ4n) is 1.92. The van der Waals surface area contributed by atoms with E-state index in [4.69, 9.17) is 5.73 Å². The van der Waals surface area contributed by atoms with Crippen molar-refractivity contribution >= 4 is 11.3 Å². The van der Waals surface area contributed by atoms with Crippen molar-refractivity contribution in [3.05, 3.63) is 22.4 Å². The zero-order chi connectivity index (χ0) is 11.1. The van der Waals surface area contributed by atoms with Gasteiger partial charge in [-0.2, -0.15) is 0 Å². The van der Waals surface area contributed by atoms with E-state index in [1.54, 1.807) is 0 Å². The Morgan fingerprint density at radius 3 is 2.40 bits per heavy atom. The van der Waals surface area contributed by atoms with E-state index >= 15 is 0 Å². The lowest BCUT2D eigenvalue weighted by atomic mass is 10.2. The van der Waals surface area contributed by atoms with Crippen molar-refractivity contribution in [2.75, 3.05) is 19.6 Å². The third-order valence-corrected chi connectivity index (χ3v) is 3.53. The topological polar surface area (TPSA) is 29.3 Å². The van der Waals surface area contributed by atoms with Gasteiger partial charge in [0.15, 0.2) is 0 Å². The highest BCUT2D eigenvalue weighted by atomic mass is 32.1. The maximum absolute atomic E-state index is 5.89. The minimum absolute atomic E-state index is 0.421. The first-order valence-electron chi connectivity index (χ1n) is 5.81. The van der Waals surface area contributed by atoms with Gasteiger partial charge < -0.3 is 5.73 Å². The van der Waals surface area contributed by atoms with Crippen LogP contribution in [0.25, 0.3) is 0 Å². The highest BCUT2D eigenvalue weighted by molar-refractivity contribution is 7.10. The molecule has 0 radical (unpaired) electrons. The van der Waals surface area contributed by atoms with Gasteiger partial charge in [-0.25, -0.2) is 0 Å². The van der Waals surface area contributed by atoms with Crippen LogP contribution in [0.4, 0.5) is 0 Å². The Morgan fingerprint density at radius 2 is 2.00 bits per heavy atom. The molecule has 0 spiro atoms. The van der Waals surface area contributed by atoms with Crippen LogP contribution in [-0.4, -0.2) is 24.5 Å². The molecule has 3 heteroatoms. The number of rotatable bonds is 7. The molecule has 86 valence electrons. The normalized spacial score (nSPS) is 13.3. The fraction of sp³-hybridized carbons (Fsp3) is 0.667. The molecule has 2 nitrogen and oxygen atoms in total. The average Bonchev–Trinajstić information content (AvgIpc) is 2.73. The van der Waals surface area contributed by atoms with Gasteiger partial charge in [-0.05, 0) is 37.4 Å². The van der Waals surface area contributed by atoms with E-state index in [1.807, 2.05) is 11.3 Å². The second-order valence-corrected chi connectivity index (χ2v) is 4.78. The molecule has 2 N–H and O–H groups in total. The standard InChI is InChI=1S/C12H22N2S/c1-3-7-14(8-4-2)11(10-13)12-6-5-9-15-12/h5-6,9,11H,3-4,7-8,10,13H2,1-2H3. The maximum atomic E-state index is 5.89. The zero-order valence-electron chi connectivity index (χ0n) is 9.78. The smallest absolute Gasteiger partial charge is 0.0564 e. The van der Waals surface area contributed by atoms with E-state index in [0.717, 1.165) is 19.6 Å². The van der Waals surface area contributed by atoms with Crippen LogP contribution >= 0.6 is 11.3 Å². The SMILES string of the molecule is CCCN(CCC)C(CN)c1cccs1. The fourth-order valence-corrected chi connectivity index (χ4v) is 2.80. The molecule has 1 rings (SSSR count). The maximum Gasteiger partial charge on any atom is 0.0564 e. The molecule has 0 amide bonds. The average molecular weight is 226 g/mol. The lowest BCUT2D eigenvalue weighted by molar-refractivity contribution is 0.205. The Labute approximate surface area is 97.1 Å². The van der Waals surface area contributed by atoms with Crippen molar-refractivity contribution in [2.24, 2.45) is 5.73 Å². The number of thiophene rings is 1. The van der Waals surface area contributed by atoms with Crippen LogP contribution in [0.2, 0.25) is 0 Å². The third-order valence-electron chi connectivity index (χ3n) is 2.56. The van der Waals surface area contributed by atoms with Crippen molar-refractivity contribution in [3.8, 4) is 0 Å². The minimum Gasteiger partial charge on any atom is -0.329 e. The zero-order valence-corrected chi connectivity index (χ0v) is 10.6. The third kappa shape index (κ3) is 3.59. The Hall–Kier alpha value is -0.380. The Bertz CT molecular complexity index is 240. The summed E-state index contributed by atoms with van der Waals surface area (Å²) in [7, 11) is 0. The predicted octanol–water partition coefficient (Wildman–Crippen LogP) is 2.87. The van der Waals surface area contributed by atoms with Gasteiger partial charge in [0, 0.05) is 11.4 Å². The van der Waals surface area contributed by atoms with Crippen LogP contribution in [0, 0.1) is 0 Å². The van der Waals surface area contributed by atoms with Crippen molar-refractivity contribution in [2.45, 2.75) is 32.7 Å². The molecule has 0 saturated heterocycles. The van der Waals surface area contributed by atoms with Gasteiger partial charge in [0.2, 0.25) is 0 Å². The minimum atomic E-state index is 0.421. The molecular weight excluding hydrogens is 204 g/mol. The van der Waals surface area contributed by atoms with Crippen LogP contribution in [0.1, 0.15) is 37.6 Å². The van der Waals surface area contributed by atoms with Crippen LogP contribution < -0.4 is 5.73 Å². The van der Waals surface area contributed by atoms with Crippen LogP contribution in [0.5, 0.6) is 0 Å². The first-order valence-corrected chi connectivity index (χ1v) is 6.68. The second kappa shape index (κ2) is 6.99. The van der Waals surface area contributed by atoms with Gasteiger partial charge in [0.05, 0.1) is 6.04 Å². The summed E-state index contributed by atoms with van der Waals surface area (Å²) in [5.41, 5.74) is 5.89. The number of hydrogen-bond donors (Lipinski definition) is 1. The summed E-state index contributed by atoms with van der Waals surface area (Å²) in [6.07, 6.45) is 2.39. The van der Waals surface area contributed by atoms with E-state index in [0.29, 0.717) is 6.04 Å². The molecule has 15 heavy (non-hydrogen) atoms. The molecule has 1 aromatic heterocycles. The number of nitrogens with zero attached hydrogens (tertiary/aromatic N) is 1. The second-order valence-electron chi connectivity index (χ2n) is 3.80. The van der Waals surface area contributed by atoms with Gasteiger partial charge in [-0.3, -0.25) is 4.90 Å². The molecule has 1 aromatic rings. The van der Waals surface area contributed by atoms with Crippen molar-refractivity contribution in [3.63, 3.8) is 0 Å². The summed E-state index contributed by atoms with van der Waals surface area (Å²) in [5.74, 6) is 0. The molecule has 0 aliphatic heterocycles. The molecule has 0 bridgehead atoms. The molecule has 0 aliphatic carbocycles. The first kappa shape index (κ1) is 12.7. The van der Waals surface area contributed by atoms with E-state index in [2.05, 4.69) is 36.3 Å². The molecule has 0 fully saturated rings. The van der Waals surface area contributed by atoms with Gasteiger partial charge in [0.1, 0.15) is 0 Å². The summed E-state index contributed by atoms with van der Waals surface area (Å²) >= 11 is 1.81. The van der Waals surface area contributed by atoms with E-state index in [1.165, 1.54) is 17.7 Å². The largest absolute Gasteiger partial charge is 0.329 e. The van der Waals surface area contributed by atoms with Gasteiger partial charge >= 0.3 is 0 Å². The summed E-state index contributed by atoms with van der Waals surface area (Å²) in [5, 5.41) is 2.13. The van der Waals surface area contributed by atoms with Crippen molar-refractivity contribution in [1.29, 1.82) is 0 Å². The van der Waals surface area contributed by atoms with Crippen molar-refractivity contribution in [1.82, 2.24) is 4.90 Å². The monoisotopic (exact) mass is 226 g/mol. The Balaban J connectivity index is 2.69. The highest BCUT2D eigenvalue weighted by Crippen LogP contribution is 2.24. The molecule has 1 unspecified atom stereocenters. The Morgan fingerprint density at radius 1 is 1.33 bits per heavy atom. The van der Waals surface area contributed by atoms with Crippen LogP contribution in [0.15, 0.2) is 17.5 Å².